The Morgan fingerprint density at radius 1 is 1.28 bits per heavy atom. The van der Waals surface area contributed by atoms with Gasteiger partial charge in [0, 0.05) is 31.7 Å². The number of nitrogens with one attached hydrogen (secondary N) is 1. The average molecular weight is 348 g/mol. The summed E-state index contributed by atoms with van der Waals surface area (Å²) in [4.78, 5) is 11.0. The number of hydrogen-bond donors (Lipinski definition) is 2. The number of ether oxygens (including phenoxy) is 1. The molecule has 0 saturated carbocycles. The molecule has 0 radical (unpaired) electrons. The maximum absolute atomic E-state index is 9.53. The van der Waals surface area contributed by atoms with E-state index < -0.39 is 0 Å². The number of anilines is 2. The second kappa shape index (κ2) is 7.87. The molecule has 1 aromatic heterocycles. The van der Waals surface area contributed by atoms with E-state index in [0.29, 0.717) is 5.92 Å². The van der Waals surface area contributed by atoms with Crippen molar-refractivity contribution in [3.8, 4) is 0 Å². The fourth-order valence-corrected chi connectivity index (χ4v) is 4.17. The Hall–Kier alpha value is -1.40. The van der Waals surface area contributed by atoms with Crippen LogP contribution >= 0.6 is 0 Å². The van der Waals surface area contributed by atoms with Crippen LogP contribution < -0.4 is 10.2 Å². The Balaban J connectivity index is 1.64. The molecule has 6 nitrogen and oxygen atoms in total. The van der Waals surface area contributed by atoms with Gasteiger partial charge in [0.1, 0.15) is 18.0 Å². The van der Waals surface area contributed by atoms with Crippen molar-refractivity contribution in [2.75, 3.05) is 36.5 Å². The lowest BCUT2D eigenvalue weighted by atomic mass is 9.78. The van der Waals surface area contributed by atoms with Crippen LogP contribution in [0.15, 0.2) is 12.4 Å². The van der Waals surface area contributed by atoms with Gasteiger partial charge in [0.2, 0.25) is 0 Å². The van der Waals surface area contributed by atoms with Crippen LogP contribution in [0.4, 0.5) is 11.6 Å². The van der Waals surface area contributed by atoms with Gasteiger partial charge in [0.05, 0.1) is 18.8 Å². The molecule has 2 fully saturated rings. The third-order valence-corrected chi connectivity index (χ3v) is 5.38. The Kier molecular flexibility index (Phi) is 5.79. The van der Waals surface area contributed by atoms with Gasteiger partial charge in [-0.3, -0.25) is 0 Å². The first kappa shape index (κ1) is 18.4. The monoisotopic (exact) mass is 348 g/mol. The first-order valence-electron chi connectivity index (χ1n) is 9.54. The molecule has 0 aliphatic carbocycles. The van der Waals surface area contributed by atoms with Gasteiger partial charge in [-0.05, 0) is 31.1 Å². The van der Waals surface area contributed by atoms with E-state index in [1.807, 2.05) is 6.07 Å². The van der Waals surface area contributed by atoms with Crippen molar-refractivity contribution >= 4 is 11.6 Å². The summed E-state index contributed by atoms with van der Waals surface area (Å²) in [6.07, 6.45) is 6.32. The molecule has 0 bridgehead atoms. The van der Waals surface area contributed by atoms with Crippen molar-refractivity contribution in [3.05, 3.63) is 12.4 Å². The van der Waals surface area contributed by atoms with E-state index in [2.05, 4.69) is 41.0 Å². The second-order valence-corrected chi connectivity index (χ2v) is 8.37. The summed E-state index contributed by atoms with van der Waals surface area (Å²) in [5.41, 5.74) is 0.146. The first-order valence-corrected chi connectivity index (χ1v) is 9.54. The Morgan fingerprint density at radius 3 is 2.88 bits per heavy atom. The summed E-state index contributed by atoms with van der Waals surface area (Å²) < 4.78 is 6.07. The van der Waals surface area contributed by atoms with Crippen LogP contribution in [-0.4, -0.2) is 53.5 Å². The molecule has 3 unspecified atom stereocenters. The predicted molar refractivity (Wildman–Crippen MR) is 99.9 cm³/mol. The predicted octanol–water partition coefficient (Wildman–Crippen LogP) is 2.69. The highest BCUT2D eigenvalue weighted by molar-refractivity contribution is 5.49. The number of hydrogen-bond acceptors (Lipinski definition) is 6. The minimum atomic E-state index is 0.146. The summed E-state index contributed by atoms with van der Waals surface area (Å²) >= 11 is 0. The molecule has 2 N–H and O–H groups in total. The second-order valence-electron chi connectivity index (χ2n) is 8.37. The molecule has 3 heterocycles. The minimum Gasteiger partial charge on any atom is -0.394 e. The number of rotatable bonds is 5. The zero-order valence-electron chi connectivity index (χ0n) is 15.7. The van der Waals surface area contributed by atoms with E-state index in [9.17, 15) is 5.11 Å². The lowest BCUT2D eigenvalue weighted by molar-refractivity contribution is -0.0814. The SMILES string of the molecule is CC(C)(C)C1OCCCC1CNc1cc(N2CCCC2CO)ncn1. The van der Waals surface area contributed by atoms with Crippen molar-refractivity contribution < 1.29 is 9.84 Å². The van der Waals surface area contributed by atoms with Crippen molar-refractivity contribution in [1.29, 1.82) is 0 Å². The van der Waals surface area contributed by atoms with Gasteiger partial charge in [-0.1, -0.05) is 20.8 Å². The zero-order chi connectivity index (χ0) is 17.9. The highest BCUT2D eigenvalue weighted by atomic mass is 16.5. The Labute approximate surface area is 151 Å². The molecule has 0 spiro atoms. The van der Waals surface area contributed by atoms with Crippen LogP contribution in [-0.2, 0) is 4.74 Å². The molecule has 3 rings (SSSR count). The van der Waals surface area contributed by atoms with E-state index in [4.69, 9.17) is 4.74 Å². The standard InChI is InChI=1S/C19H32N4O2/c1-19(2,3)18-14(6-5-9-25-18)11-20-16-10-17(22-13-21-16)23-8-4-7-15(23)12-24/h10,13-15,18,24H,4-9,11-12H2,1-3H3,(H,20,21,22). The first-order chi connectivity index (χ1) is 12.0. The fraction of sp³-hybridized carbons (Fsp3) is 0.789. The Bertz CT molecular complexity index is 561. The molecule has 140 valence electrons. The van der Waals surface area contributed by atoms with Crippen molar-refractivity contribution in [2.24, 2.45) is 11.3 Å². The molecular formula is C19H32N4O2. The van der Waals surface area contributed by atoms with Crippen LogP contribution in [0.5, 0.6) is 0 Å². The third-order valence-electron chi connectivity index (χ3n) is 5.38. The van der Waals surface area contributed by atoms with E-state index in [0.717, 1.165) is 50.6 Å². The highest BCUT2D eigenvalue weighted by Gasteiger charge is 2.35. The molecule has 0 amide bonds. The molecule has 2 aliphatic rings. The molecular weight excluding hydrogens is 316 g/mol. The summed E-state index contributed by atoms with van der Waals surface area (Å²) in [5, 5.41) is 13.0. The van der Waals surface area contributed by atoms with E-state index in [-0.39, 0.29) is 24.2 Å². The van der Waals surface area contributed by atoms with Crippen molar-refractivity contribution in [3.63, 3.8) is 0 Å². The molecule has 1 aromatic rings. The maximum atomic E-state index is 9.53. The van der Waals surface area contributed by atoms with Gasteiger partial charge in [-0.2, -0.15) is 0 Å². The number of aliphatic hydroxyl groups is 1. The molecule has 2 aliphatic heterocycles. The highest BCUT2D eigenvalue weighted by Crippen LogP contribution is 2.34. The van der Waals surface area contributed by atoms with Gasteiger partial charge in [0.15, 0.2) is 0 Å². The van der Waals surface area contributed by atoms with E-state index in [1.54, 1.807) is 6.33 Å². The zero-order valence-corrected chi connectivity index (χ0v) is 15.7. The Morgan fingerprint density at radius 2 is 2.12 bits per heavy atom. The smallest absolute Gasteiger partial charge is 0.134 e. The van der Waals surface area contributed by atoms with Gasteiger partial charge in [-0.15, -0.1) is 0 Å². The summed E-state index contributed by atoms with van der Waals surface area (Å²) in [7, 11) is 0. The maximum Gasteiger partial charge on any atom is 0.134 e. The molecule has 2 saturated heterocycles. The third kappa shape index (κ3) is 4.42. The van der Waals surface area contributed by atoms with Crippen LogP contribution in [0.2, 0.25) is 0 Å². The van der Waals surface area contributed by atoms with Crippen LogP contribution in [0.3, 0.4) is 0 Å². The van der Waals surface area contributed by atoms with Crippen LogP contribution in [0, 0.1) is 11.3 Å². The van der Waals surface area contributed by atoms with Gasteiger partial charge >= 0.3 is 0 Å². The average Bonchev–Trinajstić information content (AvgIpc) is 3.08. The fourth-order valence-electron chi connectivity index (χ4n) is 4.17. The van der Waals surface area contributed by atoms with Gasteiger partial charge < -0.3 is 20.1 Å². The van der Waals surface area contributed by atoms with Crippen molar-refractivity contribution in [2.45, 2.75) is 58.6 Å². The summed E-state index contributed by atoms with van der Waals surface area (Å²) in [5.74, 6) is 2.25. The number of nitrogens with zero attached hydrogens (tertiary/aromatic N) is 3. The van der Waals surface area contributed by atoms with Crippen molar-refractivity contribution in [1.82, 2.24) is 9.97 Å². The van der Waals surface area contributed by atoms with E-state index in [1.165, 1.54) is 6.42 Å². The van der Waals surface area contributed by atoms with E-state index >= 15 is 0 Å². The van der Waals surface area contributed by atoms with Crippen LogP contribution in [0.25, 0.3) is 0 Å². The quantitative estimate of drug-likeness (QED) is 0.852. The molecule has 25 heavy (non-hydrogen) atoms. The lowest BCUT2D eigenvalue weighted by Gasteiger charge is -2.40. The van der Waals surface area contributed by atoms with Gasteiger partial charge in [0.25, 0.3) is 0 Å². The topological polar surface area (TPSA) is 70.5 Å². The number of aliphatic hydroxyl groups excluding tert-OH is 1. The molecule has 0 aromatic carbocycles. The lowest BCUT2D eigenvalue weighted by Crippen LogP contribution is -2.42. The molecule has 3 atom stereocenters. The summed E-state index contributed by atoms with van der Waals surface area (Å²) in [6, 6.07) is 2.18. The normalized spacial score (nSPS) is 27.5. The van der Waals surface area contributed by atoms with Crippen LogP contribution in [0.1, 0.15) is 46.5 Å². The van der Waals surface area contributed by atoms with Gasteiger partial charge in [-0.25, -0.2) is 9.97 Å². The summed E-state index contributed by atoms with van der Waals surface area (Å²) in [6.45, 7) is 9.61. The largest absolute Gasteiger partial charge is 0.394 e. The minimum absolute atomic E-state index is 0.146. The number of aromatic nitrogens is 2. The molecule has 6 heteroatoms.